The van der Waals surface area contributed by atoms with E-state index >= 15 is 0 Å². The zero-order valence-electron chi connectivity index (χ0n) is 22.7. The summed E-state index contributed by atoms with van der Waals surface area (Å²) in [6, 6.07) is 15.9. The van der Waals surface area contributed by atoms with Crippen LogP contribution >= 0.6 is 7.75 Å². The summed E-state index contributed by atoms with van der Waals surface area (Å²) in [6.45, 7) is -0.160. The topological polar surface area (TPSA) is 178 Å². The molecule has 0 spiro atoms. The van der Waals surface area contributed by atoms with Gasteiger partial charge in [0, 0.05) is 12.2 Å². The van der Waals surface area contributed by atoms with Crippen LogP contribution in [0.4, 0.5) is 0 Å². The third-order valence-electron chi connectivity index (χ3n) is 5.76. The zero-order chi connectivity index (χ0) is 29.8. The van der Waals surface area contributed by atoms with Gasteiger partial charge in [0.15, 0.2) is 6.23 Å². The minimum Gasteiger partial charge on any atom is -0.460 e. The van der Waals surface area contributed by atoms with Crippen LogP contribution in [0.25, 0.3) is 0 Å². The Morgan fingerprint density at radius 1 is 1.21 bits per heavy atom. The lowest BCUT2D eigenvalue weighted by atomic mass is 9.96. The minimum absolute atomic E-state index is 0.0211. The number of ether oxygens (including phenoxy) is 2. The van der Waals surface area contributed by atoms with E-state index in [1.807, 2.05) is 11.1 Å². The van der Waals surface area contributed by atoms with Gasteiger partial charge >= 0.3 is 19.4 Å². The summed E-state index contributed by atoms with van der Waals surface area (Å²) in [5.74, 6) is -0.638. The second kappa shape index (κ2) is 12.1. The van der Waals surface area contributed by atoms with Crippen molar-refractivity contribution in [2.24, 2.45) is 0 Å². The molecule has 1 unspecified atom stereocenters. The molecular weight excluding hydrogens is 533 g/mol. The summed E-state index contributed by atoms with van der Waals surface area (Å²) in [7, 11) is -4.34. The molecule has 0 bridgehead atoms. The number of hydrogen-bond donors (Lipinski definition) is 4. The first-order valence-electron chi connectivity index (χ1n) is 12.7. The fourth-order valence-corrected chi connectivity index (χ4v) is 4.99. The average Bonchev–Trinajstić information content (AvgIpc) is 3.17. The van der Waals surface area contributed by atoms with Crippen LogP contribution in [-0.2, 0) is 30.0 Å². The Morgan fingerprint density at radius 3 is 2.56 bits per heavy atom. The summed E-state index contributed by atoms with van der Waals surface area (Å²) in [4.78, 5) is 38.2. The highest BCUT2D eigenvalue weighted by molar-refractivity contribution is 7.52. The van der Waals surface area contributed by atoms with E-state index in [0.29, 0.717) is 4.57 Å². The average molecular weight is 563 g/mol. The molecule has 1 aromatic heterocycles. The van der Waals surface area contributed by atoms with Gasteiger partial charge in [0.25, 0.3) is 5.56 Å². The summed E-state index contributed by atoms with van der Waals surface area (Å²) in [5, 5.41) is 24.1. The van der Waals surface area contributed by atoms with E-state index in [1.54, 1.807) is 42.5 Å². The molecule has 14 heteroatoms. The van der Waals surface area contributed by atoms with E-state index in [4.69, 9.17) is 21.3 Å². The summed E-state index contributed by atoms with van der Waals surface area (Å²) >= 11 is 0. The van der Waals surface area contributed by atoms with E-state index in [-0.39, 0.29) is 12.4 Å². The number of carbonyl (C=O) groups excluding carboxylic acids is 1. The number of aromatic nitrogens is 2. The Labute approximate surface area is 225 Å². The van der Waals surface area contributed by atoms with Crippen LogP contribution in [0.5, 0.6) is 5.75 Å². The highest BCUT2D eigenvalue weighted by Crippen LogP contribution is 2.46. The van der Waals surface area contributed by atoms with Crippen LogP contribution < -0.4 is 20.9 Å². The summed E-state index contributed by atoms with van der Waals surface area (Å²) in [5.41, 5.74) is -3.73. The van der Waals surface area contributed by atoms with Gasteiger partial charge in [-0.2, -0.15) is 0 Å². The predicted octanol–water partition coefficient (Wildman–Crippen LogP) is 1.08. The quantitative estimate of drug-likeness (QED) is 0.194. The number of hydrogen-bond acceptors (Lipinski definition) is 10. The smallest absolute Gasteiger partial charge is 0.459 e. The van der Waals surface area contributed by atoms with Gasteiger partial charge in [0.1, 0.15) is 36.7 Å². The molecule has 0 amide bonds. The number of aliphatic hydroxyl groups is 2. The lowest BCUT2D eigenvalue weighted by molar-refractivity contribution is -0.143. The third-order valence-corrected chi connectivity index (χ3v) is 7.24. The molecule has 3 aromatic rings. The standard InChI is InChI=1S/C25H28N3O10P/c1-25(33)22(31)19(37-23(25)28-13-12-20(29)27-24(28)32)16-36-39(34,38-18-10-6-3-7-11-18)26-14-21(30)35-15-17-8-4-2-5-9-17/h2-13,19,22-23,31,33H,14-16H2,1H3,(H,26,34)(H,27,29,32)/t19-,22-,23-,25-,39?/m1/s1/i12D,13D. The van der Waals surface area contributed by atoms with Crippen LogP contribution in [-0.4, -0.2) is 56.7 Å². The molecule has 1 aliphatic heterocycles. The Bertz CT molecular complexity index is 1530. The number of esters is 1. The van der Waals surface area contributed by atoms with Crippen LogP contribution in [0.3, 0.4) is 0 Å². The van der Waals surface area contributed by atoms with Crippen molar-refractivity contribution in [2.45, 2.75) is 37.6 Å². The van der Waals surface area contributed by atoms with Crippen molar-refractivity contribution in [2.75, 3.05) is 13.2 Å². The highest BCUT2D eigenvalue weighted by atomic mass is 31.2. The number of benzene rings is 2. The van der Waals surface area contributed by atoms with Gasteiger partial charge in [-0.3, -0.25) is 23.7 Å². The maximum absolute atomic E-state index is 13.6. The molecule has 4 rings (SSSR count). The molecule has 39 heavy (non-hydrogen) atoms. The lowest BCUT2D eigenvalue weighted by Crippen LogP contribution is -2.46. The second-order valence-electron chi connectivity index (χ2n) is 8.74. The van der Waals surface area contributed by atoms with Crippen LogP contribution in [0.2, 0.25) is 0 Å². The number of carbonyl (C=O) groups is 1. The van der Waals surface area contributed by atoms with Gasteiger partial charge in [-0.05, 0) is 24.6 Å². The molecule has 208 valence electrons. The van der Waals surface area contributed by atoms with E-state index in [1.165, 1.54) is 12.1 Å². The molecular formula is C25H28N3O10P. The van der Waals surface area contributed by atoms with Crippen molar-refractivity contribution in [1.29, 1.82) is 0 Å². The fraction of sp³-hybridized carbons (Fsp3) is 0.320. The van der Waals surface area contributed by atoms with Gasteiger partial charge in [-0.15, -0.1) is 0 Å². The SMILES string of the molecule is [2H]c1c([2H])n([C@@H]2O[C@H](COP(=O)(NCC(=O)OCc3ccccc3)Oc3ccccc3)[C@@H](O)[C@@]2(C)O)c(=O)[nH]c1=O. The van der Waals surface area contributed by atoms with Crippen molar-refractivity contribution in [3.63, 3.8) is 0 Å². The van der Waals surface area contributed by atoms with Gasteiger partial charge in [-0.1, -0.05) is 48.5 Å². The van der Waals surface area contributed by atoms with Crippen LogP contribution in [0.1, 0.15) is 21.5 Å². The predicted molar refractivity (Wildman–Crippen MR) is 137 cm³/mol. The molecule has 1 aliphatic rings. The first-order chi connectivity index (χ1) is 19.4. The number of H-pyrrole nitrogens is 1. The van der Waals surface area contributed by atoms with E-state index in [9.17, 15) is 29.2 Å². The summed E-state index contributed by atoms with van der Waals surface area (Å²) < 4.78 is 51.6. The maximum Gasteiger partial charge on any atom is 0.459 e. The maximum atomic E-state index is 13.6. The highest BCUT2D eigenvalue weighted by Gasteiger charge is 2.54. The van der Waals surface area contributed by atoms with Gasteiger partial charge in [0.2, 0.25) is 0 Å². The van der Waals surface area contributed by atoms with Crippen molar-refractivity contribution >= 4 is 13.7 Å². The van der Waals surface area contributed by atoms with Crippen molar-refractivity contribution in [1.82, 2.24) is 14.6 Å². The second-order valence-corrected chi connectivity index (χ2v) is 10.5. The molecule has 0 radical (unpaired) electrons. The number of para-hydroxylation sites is 1. The Morgan fingerprint density at radius 2 is 1.87 bits per heavy atom. The van der Waals surface area contributed by atoms with Crippen LogP contribution in [0.15, 0.2) is 82.5 Å². The molecule has 1 fully saturated rings. The number of nitrogens with zero attached hydrogens (tertiary/aromatic N) is 1. The van der Waals surface area contributed by atoms with Gasteiger partial charge in [0.05, 0.1) is 9.35 Å². The molecule has 0 aliphatic carbocycles. The molecule has 2 heterocycles. The van der Waals surface area contributed by atoms with Crippen molar-refractivity contribution < 1.29 is 40.8 Å². The normalized spacial score (nSPS) is 24.8. The Balaban J connectivity index is 1.48. The summed E-state index contributed by atoms with van der Waals surface area (Å²) in [6.07, 6.45) is -5.75. The third kappa shape index (κ3) is 7.09. The van der Waals surface area contributed by atoms with E-state index < -0.39 is 74.4 Å². The first kappa shape index (κ1) is 25.7. The lowest BCUT2D eigenvalue weighted by Gasteiger charge is -2.27. The van der Waals surface area contributed by atoms with Crippen molar-refractivity contribution in [3.05, 3.63) is 99.3 Å². The number of nitrogens with one attached hydrogen (secondary N) is 2. The molecule has 4 N–H and O–H groups in total. The van der Waals surface area contributed by atoms with Gasteiger partial charge < -0.3 is 24.2 Å². The number of rotatable bonds is 11. The number of aromatic amines is 1. The van der Waals surface area contributed by atoms with E-state index in [2.05, 4.69) is 5.09 Å². The Hall–Kier alpha value is -3.58. The van der Waals surface area contributed by atoms with Crippen LogP contribution in [0, 0.1) is 0 Å². The van der Waals surface area contributed by atoms with Crippen molar-refractivity contribution in [3.8, 4) is 5.75 Å². The largest absolute Gasteiger partial charge is 0.460 e. The fourth-order valence-electron chi connectivity index (χ4n) is 3.71. The first-order valence-corrected chi connectivity index (χ1v) is 13.3. The van der Waals surface area contributed by atoms with E-state index in [0.717, 1.165) is 12.5 Å². The number of aliphatic hydroxyl groups excluding tert-OH is 1. The molecule has 2 aromatic carbocycles. The Kier molecular flexibility index (Phi) is 7.95. The molecule has 1 saturated heterocycles. The zero-order valence-corrected chi connectivity index (χ0v) is 21.6. The molecule has 5 atom stereocenters. The molecule has 13 nitrogen and oxygen atoms in total. The monoisotopic (exact) mass is 563 g/mol. The minimum atomic E-state index is -4.34. The molecule has 0 saturated carbocycles. The van der Waals surface area contributed by atoms with Gasteiger partial charge in [-0.25, -0.2) is 14.4 Å².